The third-order valence-corrected chi connectivity index (χ3v) is 9.68. The number of amides is 3. The van der Waals surface area contributed by atoms with Gasteiger partial charge in [-0.1, -0.05) is 31.0 Å². The summed E-state index contributed by atoms with van der Waals surface area (Å²) in [6.45, 7) is 0.506. The first kappa shape index (κ1) is 37.7. The van der Waals surface area contributed by atoms with Crippen molar-refractivity contribution in [3.63, 3.8) is 0 Å². The zero-order valence-electron chi connectivity index (χ0n) is 30.5. The average molecular weight is 741 g/mol. The van der Waals surface area contributed by atoms with Crippen LogP contribution in [0.2, 0.25) is 0 Å². The normalized spacial score (nSPS) is 15.5. The maximum atomic E-state index is 13.4. The van der Waals surface area contributed by atoms with Crippen molar-refractivity contribution in [1.29, 1.82) is 0 Å². The number of aromatic nitrogens is 5. The Kier molecular flexibility index (Phi) is 11.7. The Morgan fingerprint density at radius 2 is 1.81 bits per heavy atom. The molecule has 0 spiro atoms. The number of anilines is 3. The molecule has 0 aliphatic heterocycles. The van der Waals surface area contributed by atoms with Gasteiger partial charge >= 0.3 is 5.69 Å². The minimum Gasteiger partial charge on any atom is -0.385 e. The fourth-order valence-corrected chi connectivity index (χ4v) is 6.61. The summed E-state index contributed by atoms with van der Waals surface area (Å²) < 4.78 is 17.9. The Bertz CT molecular complexity index is 2240. The molecule has 3 aromatic heterocycles. The number of rotatable bonds is 18. The fraction of sp³-hybridized carbons (Fsp3) is 0.395. The van der Waals surface area contributed by atoms with E-state index in [1.54, 1.807) is 49.0 Å². The van der Waals surface area contributed by atoms with Gasteiger partial charge in [0.05, 0.1) is 35.0 Å². The number of carbonyl (C=O) groups is 4. The summed E-state index contributed by atoms with van der Waals surface area (Å²) >= 11 is 0. The summed E-state index contributed by atoms with van der Waals surface area (Å²) in [5.41, 5.74) is 4.52. The summed E-state index contributed by atoms with van der Waals surface area (Å²) in [6.07, 6.45) is 6.01. The van der Waals surface area contributed by atoms with Gasteiger partial charge in [0, 0.05) is 57.8 Å². The van der Waals surface area contributed by atoms with Gasteiger partial charge in [0.1, 0.15) is 12.5 Å². The van der Waals surface area contributed by atoms with Crippen LogP contribution in [-0.4, -0.2) is 80.6 Å². The predicted molar refractivity (Wildman–Crippen MR) is 203 cm³/mol. The smallest absolute Gasteiger partial charge is 0.329 e. The highest BCUT2D eigenvalue weighted by Crippen LogP contribution is 2.27. The highest BCUT2D eigenvalue weighted by Gasteiger charge is 2.39. The van der Waals surface area contributed by atoms with Gasteiger partial charge in [-0.05, 0) is 55.5 Å². The first-order chi connectivity index (χ1) is 26.1. The van der Waals surface area contributed by atoms with Crippen molar-refractivity contribution >= 4 is 57.9 Å². The maximum absolute atomic E-state index is 13.4. The van der Waals surface area contributed by atoms with Crippen molar-refractivity contribution in [3.8, 4) is 0 Å². The van der Waals surface area contributed by atoms with Crippen LogP contribution in [0.4, 0.5) is 21.6 Å². The van der Waals surface area contributed by atoms with Gasteiger partial charge in [0.2, 0.25) is 5.91 Å². The Morgan fingerprint density at radius 1 is 1.04 bits per heavy atom. The Balaban J connectivity index is 0.998. The molecule has 5 N–H and O–H groups in total. The van der Waals surface area contributed by atoms with Crippen molar-refractivity contribution in [1.82, 2.24) is 39.7 Å². The molecule has 5 aromatic rings. The summed E-state index contributed by atoms with van der Waals surface area (Å²) in [7, 11) is 4.97. The second-order valence-corrected chi connectivity index (χ2v) is 13.4. The molecule has 15 nitrogen and oxygen atoms in total. The van der Waals surface area contributed by atoms with Gasteiger partial charge in [0.25, 0.3) is 11.8 Å². The molecule has 3 amide bonds. The molecule has 1 saturated carbocycles. The van der Waals surface area contributed by atoms with E-state index in [1.807, 2.05) is 18.2 Å². The van der Waals surface area contributed by atoms with Gasteiger partial charge in [-0.25, -0.2) is 18.7 Å². The van der Waals surface area contributed by atoms with Crippen LogP contribution in [0.15, 0.2) is 59.5 Å². The van der Waals surface area contributed by atoms with Crippen LogP contribution < -0.4 is 32.3 Å². The highest BCUT2D eigenvalue weighted by molar-refractivity contribution is 5.96. The molecule has 0 saturated heterocycles. The van der Waals surface area contributed by atoms with Crippen LogP contribution in [0.1, 0.15) is 77.4 Å². The van der Waals surface area contributed by atoms with Crippen LogP contribution in [0.3, 0.4) is 0 Å². The third-order valence-electron chi connectivity index (χ3n) is 9.68. The fourth-order valence-electron chi connectivity index (χ4n) is 6.61. The van der Waals surface area contributed by atoms with Gasteiger partial charge in [-0.3, -0.25) is 23.5 Å². The van der Waals surface area contributed by atoms with E-state index < -0.39 is 24.2 Å². The van der Waals surface area contributed by atoms with E-state index in [0.717, 1.165) is 49.5 Å². The molecule has 16 heteroatoms. The largest absolute Gasteiger partial charge is 0.385 e. The second-order valence-electron chi connectivity index (χ2n) is 13.4. The number of nitrogens with zero attached hydrogens (tertiary/aromatic N) is 5. The van der Waals surface area contributed by atoms with E-state index in [0.29, 0.717) is 46.9 Å². The van der Waals surface area contributed by atoms with Crippen molar-refractivity contribution in [2.75, 3.05) is 31.3 Å². The lowest BCUT2D eigenvalue weighted by Crippen LogP contribution is -2.28. The van der Waals surface area contributed by atoms with E-state index in [1.165, 1.54) is 22.3 Å². The molecule has 3 heterocycles. The monoisotopic (exact) mass is 740 g/mol. The van der Waals surface area contributed by atoms with Crippen LogP contribution in [0.5, 0.6) is 0 Å². The molecular weight excluding hydrogens is 695 g/mol. The quantitative estimate of drug-likeness (QED) is 0.0659. The molecule has 54 heavy (non-hydrogen) atoms. The van der Waals surface area contributed by atoms with E-state index in [9.17, 15) is 28.4 Å². The first-order valence-electron chi connectivity index (χ1n) is 18.1. The van der Waals surface area contributed by atoms with Crippen molar-refractivity contribution in [2.45, 2.75) is 69.6 Å². The van der Waals surface area contributed by atoms with Crippen molar-refractivity contribution < 1.29 is 23.6 Å². The van der Waals surface area contributed by atoms with Crippen LogP contribution >= 0.6 is 0 Å². The van der Waals surface area contributed by atoms with Gasteiger partial charge in [0.15, 0.2) is 17.2 Å². The number of hydrogen-bond donors (Lipinski definition) is 5. The predicted octanol–water partition coefficient (Wildman–Crippen LogP) is 3.81. The topological polar surface area (TPSA) is 186 Å². The SMILES string of the molecule is CNC(=O)CCC(C=O)n1c(=O)n(C)c2c(CCCCCCNC(=O)c3cccc(Nc4cc(NC)c5ncc(C(=O)NC6CC6F)n5n4)c3)cccc21. The molecule has 6 rings (SSSR count). The number of aldehydes is 1. The Labute approximate surface area is 310 Å². The summed E-state index contributed by atoms with van der Waals surface area (Å²) in [5, 5.41) is 19.0. The maximum Gasteiger partial charge on any atom is 0.329 e. The number of carbonyl (C=O) groups excluding carboxylic acids is 4. The number of aryl methyl sites for hydroxylation is 2. The zero-order valence-corrected chi connectivity index (χ0v) is 30.5. The molecule has 284 valence electrons. The van der Waals surface area contributed by atoms with Crippen molar-refractivity contribution in [2.24, 2.45) is 7.05 Å². The zero-order chi connectivity index (χ0) is 38.4. The molecule has 2 aromatic carbocycles. The number of unbranched alkanes of at least 4 members (excludes halogenated alkanes) is 3. The minimum absolute atomic E-state index is 0.141. The molecule has 0 radical (unpaired) electrons. The number of alkyl halides is 1. The van der Waals surface area contributed by atoms with Crippen molar-refractivity contribution in [3.05, 3.63) is 82.0 Å². The lowest BCUT2D eigenvalue weighted by molar-refractivity contribution is -0.121. The second kappa shape index (κ2) is 16.7. The molecule has 3 unspecified atom stereocenters. The lowest BCUT2D eigenvalue weighted by Gasteiger charge is -2.12. The van der Waals surface area contributed by atoms with Crippen LogP contribution in [-0.2, 0) is 23.1 Å². The van der Waals surface area contributed by atoms with E-state index in [2.05, 4.69) is 36.7 Å². The molecule has 1 aliphatic rings. The molecule has 3 atom stereocenters. The summed E-state index contributed by atoms with van der Waals surface area (Å²) in [5.74, 6) is -0.450. The average Bonchev–Trinajstić information content (AvgIpc) is 3.58. The Hall–Kier alpha value is -6.06. The summed E-state index contributed by atoms with van der Waals surface area (Å²) in [4.78, 5) is 67.0. The third kappa shape index (κ3) is 8.27. The number of imidazole rings is 2. The van der Waals surface area contributed by atoms with Gasteiger partial charge in [-0.15, -0.1) is 5.10 Å². The van der Waals surface area contributed by atoms with Crippen LogP contribution in [0.25, 0.3) is 16.7 Å². The number of hydrogen-bond acceptors (Lipinski definition) is 9. The van der Waals surface area contributed by atoms with E-state index >= 15 is 0 Å². The number of para-hydroxylation sites is 1. The number of fused-ring (bicyclic) bond motifs is 2. The Morgan fingerprint density at radius 3 is 2.56 bits per heavy atom. The number of benzene rings is 2. The van der Waals surface area contributed by atoms with Crippen LogP contribution in [0, 0.1) is 0 Å². The molecular formula is C38H45FN10O5. The van der Waals surface area contributed by atoms with Gasteiger partial charge in [-0.2, -0.15) is 0 Å². The highest BCUT2D eigenvalue weighted by atomic mass is 19.1. The molecule has 1 aliphatic carbocycles. The number of halogens is 1. The standard InChI is InChI=1S/C38H45FN10O5/c1-40-29-20-32(46-49-31(21-43-35(29)49)37(53)45-28-19-27(28)39)44-25-13-8-12-24(18-25)36(52)42-17-7-5-4-6-10-23-11-9-14-30-34(23)47(3)38(54)48(30)26(22-50)15-16-33(51)41-2/h8-9,11-14,18,20-22,26-28,40H,4-7,10,15-17,19H2,1-3H3,(H,41,51)(H,42,52)(H,44,46)(H,45,53). The lowest BCUT2D eigenvalue weighted by atomic mass is 10.0. The minimum atomic E-state index is -1.03. The molecule has 1 fully saturated rings. The van der Waals surface area contributed by atoms with E-state index in [4.69, 9.17) is 0 Å². The molecule has 0 bridgehead atoms. The van der Waals surface area contributed by atoms with Gasteiger partial charge < -0.3 is 31.4 Å². The van der Waals surface area contributed by atoms with E-state index in [-0.39, 0.29) is 36.0 Å². The number of nitrogens with one attached hydrogen (secondary N) is 5. The summed E-state index contributed by atoms with van der Waals surface area (Å²) in [6, 6.07) is 13.2. The first-order valence-corrected chi connectivity index (χ1v) is 18.1.